The maximum Gasteiger partial charge on any atom is 0.187 e. The van der Waals surface area contributed by atoms with E-state index in [0.29, 0.717) is 17.8 Å². The quantitative estimate of drug-likeness (QED) is 0.552. The SMILES string of the molecule is C=C1C[C@@H]2[C@@H](CC[C@]3(C)C(O)CC[C@@H]23)[C@@]2(C)C=CC(=O)C3OC132. The highest BCUT2D eigenvalue weighted by Crippen LogP contribution is 2.72. The zero-order chi connectivity index (χ0) is 16.2. The molecule has 1 spiro atoms. The fourth-order valence-electron chi connectivity index (χ4n) is 7.06. The van der Waals surface area contributed by atoms with Crippen molar-refractivity contribution in [2.45, 2.75) is 63.8 Å². The minimum absolute atomic E-state index is 0.0698. The van der Waals surface area contributed by atoms with Gasteiger partial charge in [0.1, 0.15) is 5.60 Å². The van der Waals surface area contributed by atoms with Crippen molar-refractivity contribution in [1.29, 1.82) is 0 Å². The number of aliphatic hydroxyl groups excluding tert-OH is 1. The summed E-state index contributed by atoms with van der Waals surface area (Å²) < 4.78 is 6.04. The van der Waals surface area contributed by atoms with Gasteiger partial charge in [0.2, 0.25) is 0 Å². The highest BCUT2D eigenvalue weighted by atomic mass is 16.6. The molecule has 3 saturated carbocycles. The van der Waals surface area contributed by atoms with Crippen molar-refractivity contribution in [3.63, 3.8) is 0 Å². The number of epoxide rings is 1. The van der Waals surface area contributed by atoms with E-state index in [9.17, 15) is 9.90 Å². The van der Waals surface area contributed by atoms with E-state index >= 15 is 0 Å². The number of rotatable bonds is 0. The van der Waals surface area contributed by atoms with Crippen LogP contribution in [-0.2, 0) is 9.53 Å². The van der Waals surface area contributed by atoms with Crippen molar-refractivity contribution < 1.29 is 14.6 Å². The summed E-state index contributed by atoms with van der Waals surface area (Å²) >= 11 is 0. The molecule has 5 rings (SSSR count). The summed E-state index contributed by atoms with van der Waals surface area (Å²) in [5.41, 5.74) is 0.653. The molecule has 1 saturated heterocycles. The molecule has 8 atom stereocenters. The van der Waals surface area contributed by atoms with E-state index in [-0.39, 0.29) is 28.8 Å². The zero-order valence-corrected chi connectivity index (χ0v) is 14.0. The van der Waals surface area contributed by atoms with Gasteiger partial charge >= 0.3 is 0 Å². The number of ketones is 1. The Bertz CT molecular complexity index is 651. The first-order valence-corrected chi connectivity index (χ1v) is 9.12. The molecule has 1 heterocycles. The highest BCUT2D eigenvalue weighted by Gasteiger charge is 2.77. The minimum Gasteiger partial charge on any atom is -0.393 e. The first-order chi connectivity index (χ1) is 10.8. The smallest absolute Gasteiger partial charge is 0.187 e. The fraction of sp³-hybridized carbons (Fsp3) is 0.750. The lowest BCUT2D eigenvalue weighted by Gasteiger charge is -2.58. The van der Waals surface area contributed by atoms with Crippen LogP contribution < -0.4 is 0 Å². The van der Waals surface area contributed by atoms with Gasteiger partial charge in [-0.3, -0.25) is 4.79 Å². The second-order valence-corrected chi connectivity index (χ2v) is 9.07. The Kier molecular flexibility index (Phi) is 2.51. The molecule has 0 amide bonds. The van der Waals surface area contributed by atoms with Crippen molar-refractivity contribution in [2.24, 2.45) is 28.6 Å². The number of aliphatic hydroxyl groups is 1. The van der Waals surface area contributed by atoms with Crippen LogP contribution in [0.1, 0.15) is 46.0 Å². The van der Waals surface area contributed by atoms with E-state index in [2.05, 4.69) is 26.5 Å². The summed E-state index contributed by atoms with van der Waals surface area (Å²) in [4.78, 5) is 12.1. The van der Waals surface area contributed by atoms with Gasteiger partial charge in [-0.1, -0.05) is 26.5 Å². The van der Waals surface area contributed by atoms with Gasteiger partial charge in [-0.25, -0.2) is 0 Å². The minimum atomic E-state index is -0.426. The molecule has 5 aliphatic rings. The average Bonchev–Trinajstić information content (AvgIpc) is 3.21. The predicted octanol–water partition coefficient (Wildman–Crippen LogP) is 3.03. The molecule has 1 N–H and O–H groups in total. The summed E-state index contributed by atoms with van der Waals surface area (Å²) in [7, 11) is 0. The molecule has 4 aliphatic carbocycles. The Morgan fingerprint density at radius 3 is 2.83 bits per heavy atom. The fourth-order valence-corrected chi connectivity index (χ4v) is 7.06. The third kappa shape index (κ3) is 1.40. The number of carbonyl (C=O) groups excluding carboxylic acids is 1. The molecule has 23 heavy (non-hydrogen) atoms. The lowest BCUT2D eigenvalue weighted by atomic mass is 9.45. The van der Waals surface area contributed by atoms with Gasteiger partial charge in [-0.05, 0) is 66.9 Å². The van der Waals surface area contributed by atoms with E-state index in [1.807, 2.05) is 0 Å². The third-order valence-corrected chi connectivity index (χ3v) is 8.43. The van der Waals surface area contributed by atoms with E-state index in [0.717, 1.165) is 37.7 Å². The van der Waals surface area contributed by atoms with Gasteiger partial charge in [0.15, 0.2) is 11.9 Å². The van der Waals surface area contributed by atoms with Crippen LogP contribution >= 0.6 is 0 Å². The Labute approximate surface area is 137 Å². The van der Waals surface area contributed by atoms with E-state index in [1.165, 1.54) is 0 Å². The van der Waals surface area contributed by atoms with Gasteiger partial charge in [0, 0.05) is 5.41 Å². The zero-order valence-electron chi connectivity index (χ0n) is 14.0. The van der Waals surface area contributed by atoms with Crippen molar-refractivity contribution >= 4 is 5.78 Å². The summed E-state index contributed by atoms with van der Waals surface area (Å²) in [5, 5.41) is 10.5. The molecule has 3 heteroatoms. The molecule has 0 radical (unpaired) electrons. The maximum atomic E-state index is 12.1. The van der Waals surface area contributed by atoms with E-state index in [1.54, 1.807) is 6.08 Å². The van der Waals surface area contributed by atoms with E-state index in [4.69, 9.17) is 4.74 Å². The third-order valence-electron chi connectivity index (χ3n) is 8.43. The van der Waals surface area contributed by atoms with Gasteiger partial charge < -0.3 is 9.84 Å². The molecule has 1 aliphatic heterocycles. The molecule has 0 aromatic heterocycles. The van der Waals surface area contributed by atoms with Gasteiger partial charge in [0.05, 0.1) is 6.10 Å². The monoisotopic (exact) mass is 314 g/mol. The molecule has 0 bridgehead atoms. The van der Waals surface area contributed by atoms with Crippen LogP contribution in [0.15, 0.2) is 24.3 Å². The second-order valence-electron chi connectivity index (χ2n) is 9.07. The molecule has 0 aromatic carbocycles. The summed E-state index contributed by atoms with van der Waals surface area (Å²) in [5.74, 6) is 1.78. The molecule has 124 valence electrons. The van der Waals surface area contributed by atoms with Crippen molar-refractivity contribution in [1.82, 2.24) is 0 Å². The van der Waals surface area contributed by atoms with Gasteiger partial charge in [-0.2, -0.15) is 0 Å². The van der Waals surface area contributed by atoms with Crippen LogP contribution in [-0.4, -0.2) is 28.7 Å². The lowest BCUT2D eigenvalue weighted by Crippen LogP contribution is -2.57. The van der Waals surface area contributed by atoms with Crippen LogP contribution in [0.4, 0.5) is 0 Å². The van der Waals surface area contributed by atoms with Crippen molar-refractivity contribution in [2.75, 3.05) is 0 Å². The normalized spacial score (nSPS) is 59.9. The number of hydrogen-bond acceptors (Lipinski definition) is 3. The molecule has 3 nitrogen and oxygen atoms in total. The average molecular weight is 314 g/mol. The van der Waals surface area contributed by atoms with E-state index < -0.39 is 5.60 Å². The molecule has 3 unspecified atom stereocenters. The van der Waals surface area contributed by atoms with Crippen LogP contribution in [0.25, 0.3) is 0 Å². The number of hydrogen-bond donors (Lipinski definition) is 1. The Hall–Kier alpha value is -0.930. The van der Waals surface area contributed by atoms with Crippen molar-refractivity contribution in [3.05, 3.63) is 24.3 Å². The Balaban J connectivity index is 1.60. The molecular weight excluding hydrogens is 288 g/mol. The molecule has 0 aromatic rings. The first kappa shape index (κ1) is 14.4. The number of fused-ring (bicyclic) bond motifs is 4. The lowest BCUT2D eigenvalue weighted by molar-refractivity contribution is -0.116. The second kappa shape index (κ2) is 4.00. The molecule has 4 fully saturated rings. The Morgan fingerprint density at radius 1 is 1.26 bits per heavy atom. The number of carbonyl (C=O) groups is 1. The van der Waals surface area contributed by atoms with Gasteiger partial charge in [0.25, 0.3) is 0 Å². The highest BCUT2D eigenvalue weighted by molar-refractivity contribution is 5.99. The van der Waals surface area contributed by atoms with Crippen LogP contribution in [0.5, 0.6) is 0 Å². The van der Waals surface area contributed by atoms with Crippen molar-refractivity contribution in [3.8, 4) is 0 Å². The van der Waals surface area contributed by atoms with Crippen LogP contribution in [0.3, 0.4) is 0 Å². The standard InChI is InChI=1S/C20H26O3/c1-11-10-12-13-4-5-16(22)18(13,2)8-6-14(12)19(3)9-7-15(21)17-20(11,19)23-17/h7,9,12-14,16-17,22H,1,4-6,8,10H2,2-3H3/t12-,13-,14+,16?,17?,18-,19+,20?/m0/s1. The summed E-state index contributed by atoms with van der Waals surface area (Å²) in [6.07, 6.45) is 8.68. The first-order valence-electron chi connectivity index (χ1n) is 9.12. The van der Waals surface area contributed by atoms with Gasteiger partial charge in [-0.15, -0.1) is 0 Å². The topological polar surface area (TPSA) is 49.8 Å². The summed E-state index contributed by atoms with van der Waals surface area (Å²) in [6.45, 7) is 8.94. The summed E-state index contributed by atoms with van der Waals surface area (Å²) in [6, 6.07) is 0. The molecular formula is C20H26O3. The van der Waals surface area contributed by atoms with Crippen LogP contribution in [0.2, 0.25) is 0 Å². The Morgan fingerprint density at radius 2 is 2.04 bits per heavy atom. The largest absolute Gasteiger partial charge is 0.393 e. The van der Waals surface area contributed by atoms with Crippen LogP contribution in [0, 0.1) is 28.6 Å². The predicted molar refractivity (Wildman–Crippen MR) is 86.7 cm³/mol. The maximum absolute atomic E-state index is 12.1. The number of ether oxygens (including phenoxy) is 1.